The Kier molecular flexibility index (Phi) is 4.37. The Morgan fingerprint density at radius 1 is 1.58 bits per heavy atom. The molecule has 0 bridgehead atoms. The van der Waals surface area contributed by atoms with E-state index < -0.39 is 6.10 Å². The van der Waals surface area contributed by atoms with Crippen LogP contribution in [0.3, 0.4) is 0 Å². The molecule has 1 aliphatic rings. The minimum absolute atomic E-state index is 0.0156. The van der Waals surface area contributed by atoms with E-state index in [9.17, 15) is 9.90 Å². The van der Waals surface area contributed by atoms with Gasteiger partial charge in [-0.25, -0.2) is 4.98 Å². The summed E-state index contributed by atoms with van der Waals surface area (Å²) in [4.78, 5) is 18.4. The zero-order valence-electron chi connectivity index (χ0n) is 11.5. The third-order valence-corrected chi connectivity index (χ3v) is 3.59. The number of rotatable bonds is 3. The standard InChI is InChI=1S/C14H21N3O2/c1-10(18)11-6-5-8-16-13(11)17-9-4-3-7-12(17)14(19)15-2/h5-6,8,10,12,18H,3-4,7,9H2,1-2H3,(H,15,19). The summed E-state index contributed by atoms with van der Waals surface area (Å²) in [6, 6.07) is 3.48. The van der Waals surface area contributed by atoms with Crippen molar-refractivity contribution in [3.8, 4) is 0 Å². The van der Waals surface area contributed by atoms with Crippen LogP contribution in [0.2, 0.25) is 0 Å². The fourth-order valence-electron chi connectivity index (χ4n) is 2.60. The number of carbonyl (C=O) groups excluding carboxylic acids is 1. The highest BCUT2D eigenvalue weighted by molar-refractivity contribution is 5.85. The van der Waals surface area contributed by atoms with Crippen molar-refractivity contribution in [3.63, 3.8) is 0 Å². The molecule has 0 spiro atoms. The maximum absolute atomic E-state index is 12.0. The molecule has 0 radical (unpaired) electrons. The van der Waals surface area contributed by atoms with Crippen molar-refractivity contribution in [2.75, 3.05) is 18.5 Å². The lowest BCUT2D eigenvalue weighted by Gasteiger charge is -2.36. The fourth-order valence-corrected chi connectivity index (χ4v) is 2.60. The molecule has 1 aromatic rings. The van der Waals surface area contributed by atoms with E-state index in [0.29, 0.717) is 0 Å². The Morgan fingerprint density at radius 3 is 3.05 bits per heavy atom. The van der Waals surface area contributed by atoms with Crippen LogP contribution in [0.1, 0.15) is 37.9 Å². The molecule has 1 fully saturated rings. The van der Waals surface area contributed by atoms with Crippen molar-refractivity contribution in [2.24, 2.45) is 0 Å². The predicted molar refractivity (Wildman–Crippen MR) is 73.9 cm³/mol. The molecule has 2 atom stereocenters. The first kappa shape index (κ1) is 13.8. The number of hydrogen-bond donors (Lipinski definition) is 2. The van der Waals surface area contributed by atoms with Crippen LogP contribution in [0, 0.1) is 0 Å². The zero-order chi connectivity index (χ0) is 13.8. The number of aliphatic hydroxyl groups excluding tert-OH is 1. The van der Waals surface area contributed by atoms with Gasteiger partial charge < -0.3 is 15.3 Å². The van der Waals surface area contributed by atoms with Crippen LogP contribution in [0.15, 0.2) is 18.3 Å². The van der Waals surface area contributed by atoms with E-state index in [1.54, 1.807) is 20.2 Å². The zero-order valence-corrected chi connectivity index (χ0v) is 11.5. The van der Waals surface area contributed by atoms with Gasteiger partial charge in [-0.3, -0.25) is 4.79 Å². The first-order valence-electron chi connectivity index (χ1n) is 6.76. The number of hydrogen-bond acceptors (Lipinski definition) is 4. The number of aliphatic hydroxyl groups is 1. The number of pyridine rings is 1. The number of piperidine rings is 1. The van der Waals surface area contributed by atoms with E-state index in [2.05, 4.69) is 10.3 Å². The average molecular weight is 263 g/mol. The van der Waals surface area contributed by atoms with Gasteiger partial charge >= 0.3 is 0 Å². The van der Waals surface area contributed by atoms with E-state index in [-0.39, 0.29) is 11.9 Å². The molecule has 2 heterocycles. The quantitative estimate of drug-likeness (QED) is 0.861. The number of likely N-dealkylation sites (N-methyl/N-ethyl adjacent to an activating group) is 1. The SMILES string of the molecule is CNC(=O)C1CCCCN1c1ncccc1C(C)O. The van der Waals surface area contributed by atoms with Crippen molar-refractivity contribution in [2.45, 2.75) is 38.3 Å². The average Bonchev–Trinajstić information content (AvgIpc) is 2.46. The van der Waals surface area contributed by atoms with Gasteiger partial charge in [-0.1, -0.05) is 6.07 Å². The molecule has 1 saturated heterocycles. The Balaban J connectivity index is 2.35. The van der Waals surface area contributed by atoms with Crippen molar-refractivity contribution in [1.29, 1.82) is 0 Å². The summed E-state index contributed by atoms with van der Waals surface area (Å²) in [5.41, 5.74) is 0.776. The number of carbonyl (C=O) groups is 1. The van der Waals surface area contributed by atoms with E-state index in [1.807, 2.05) is 17.0 Å². The van der Waals surface area contributed by atoms with Crippen molar-refractivity contribution in [3.05, 3.63) is 23.9 Å². The summed E-state index contributed by atoms with van der Waals surface area (Å²) < 4.78 is 0. The van der Waals surface area contributed by atoms with Crippen LogP contribution >= 0.6 is 0 Å². The van der Waals surface area contributed by atoms with Gasteiger partial charge in [0.05, 0.1) is 6.10 Å². The monoisotopic (exact) mass is 263 g/mol. The third-order valence-electron chi connectivity index (χ3n) is 3.59. The number of anilines is 1. The van der Waals surface area contributed by atoms with Crippen LogP contribution in [-0.4, -0.2) is 35.6 Å². The Labute approximate surface area is 113 Å². The topological polar surface area (TPSA) is 65.5 Å². The molecule has 19 heavy (non-hydrogen) atoms. The van der Waals surface area contributed by atoms with Crippen molar-refractivity contribution >= 4 is 11.7 Å². The number of nitrogens with one attached hydrogen (secondary N) is 1. The van der Waals surface area contributed by atoms with Gasteiger partial charge in [-0.2, -0.15) is 0 Å². The van der Waals surface area contributed by atoms with Crippen LogP contribution in [0.4, 0.5) is 5.82 Å². The van der Waals surface area contributed by atoms with Gasteiger partial charge in [0.1, 0.15) is 11.9 Å². The fraction of sp³-hybridized carbons (Fsp3) is 0.571. The maximum Gasteiger partial charge on any atom is 0.242 e. The highest BCUT2D eigenvalue weighted by atomic mass is 16.3. The second-order valence-corrected chi connectivity index (χ2v) is 4.91. The molecule has 1 aromatic heterocycles. The summed E-state index contributed by atoms with van der Waals surface area (Å²) >= 11 is 0. The highest BCUT2D eigenvalue weighted by Crippen LogP contribution is 2.29. The Hall–Kier alpha value is -1.62. The molecule has 1 aliphatic heterocycles. The molecule has 0 aliphatic carbocycles. The molecule has 104 valence electrons. The van der Waals surface area contributed by atoms with E-state index in [0.717, 1.165) is 37.2 Å². The summed E-state index contributed by atoms with van der Waals surface area (Å²) in [6.45, 7) is 2.52. The van der Waals surface area contributed by atoms with Crippen LogP contribution in [-0.2, 0) is 4.79 Å². The number of nitrogens with zero attached hydrogens (tertiary/aromatic N) is 2. The minimum atomic E-state index is -0.587. The largest absolute Gasteiger partial charge is 0.389 e. The van der Waals surface area contributed by atoms with Gasteiger partial charge in [0.25, 0.3) is 0 Å². The first-order valence-corrected chi connectivity index (χ1v) is 6.76. The van der Waals surface area contributed by atoms with Crippen molar-refractivity contribution < 1.29 is 9.90 Å². The molecule has 5 heteroatoms. The molecule has 0 saturated carbocycles. The maximum atomic E-state index is 12.0. The van der Waals surface area contributed by atoms with Crippen molar-refractivity contribution in [1.82, 2.24) is 10.3 Å². The smallest absolute Gasteiger partial charge is 0.242 e. The predicted octanol–water partition coefficient (Wildman–Crippen LogP) is 1.24. The highest BCUT2D eigenvalue weighted by Gasteiger charge is 2.30. The summed E-state index contributed by atoms with van der Waals surface area (Å²) in [5, 5.41) is 12.6. The molecule has 0 aromatic carbocycles. The van der Waals surface area contributed by atoms with E-state index >= 15 is 0 Å². The molecule has 2 rings (SSSR count). The normalized spacial score (nSPS) is 21.0. The van der Waals surface area contributed by atoms with Crippen LogP contribution in [0.5, 0.6) is 0 Å². The summed E-state index contributed by atoms with van der Waals surface area (Å²) in [7, 11) is 1.66. The minimum Gasteiger partial charge on any atom is -0.389 e. The van der Waals surface area contributed by atoms with E-state index in [1.165, 1.54) is 0 Å². The van der Waals surface area contributed by atoms with Crippen LogP contribution < -0.4 is 10.2 Å². The lowest BCUT2D eigenvalue weighted by atomic mass is 10.00. The van der Waals surface area contributed by atoms with E-state index in [4.69, 9.17) is 0 Å². The van der Waals surface area contributed by atoms with Gasteiger partial charge in [-0.05, 0) is 32.3 Å². The molecule has 1 amide bonds. The summed E-state index contributed by atoms with van der Waals surface area (Å²) in [5.74, 6) is 0.743. The number of aromatic nitrogens is 1. The van der Waals surface area contributed by atoms with Gasteiger partial charge in [0.15, 0.2) is 0 Å². The summed E-state index contributed by atoms with van der Waals surface area (Å²) in [6.07, 6.45) is 4.04. The first-order chi connectivity index (χ1) is 9.15. The second-order valence-electron chi connectivity index (χ2n) is 4.91. The second kappa shape index (κ2) is 6.02. The molecular formula is C14H21N3O2. The third kappa shape index (κ3) is 2.87. The molecular weight excluding hydrogens is 242 g/mol. The lowest BCUT2D eigenvalue weighted by molar-refractivity contribution is -0.122. The van der Waals surface area contributed by atoms with Crippen LogP contribution in [0.25, 0.3) is 0 Å². The Bertz CT molecular complexity index is 448. The van der Waals surface area contributed by atoms with Gasteiger partial charge in [0.2, 0.25) is 5.91 Å². The molecule has 5 nitrogen and oxygen atoms in total. The number of amides is 1. The molecule has 2 unspecified atom stereocenters. The van der Waals surface area contributed by atoms with Gasteiger partial charge in [0, 0.05) is 25.4 Å². The van der Waals surface area contributed by atoms with Gasteiger partial charge in [-0.15, -0.1) is 0 Å². The molecule has 2 N–H and O–H groups in total. The Morgan fingerprint density at radius 2 is 2.37 bits per heavy atom. The lowest BCUT2D eigenvalue weighted by Crippen LogP contribution is -2.49.